The van der Waals surface area contributed by atoms with Gasteiger partial charge < -0.3 is 9.64 Å². The zero-order valence-electron chi connectivity index (χ0n) is 15.7. The fourth-order valence-corrected chi connectivity index (χ4v) is 3.92. The first-order valence-corrected chi connectivity index (χ1v) is 9.24. The maximum atomic E-state index is 11.7. The highest BCUT2D eigenvalue weighted by molar-refractivity contribution is 5.70. The molecule has 2 aromatic rings. The lowest BCUT2D eigenvalue weighted by Crippen LogP contribution is -2.36. The van der Waals surface area contributed by atoms with E-state index in [1.807, 2.05) is 10.9 Å². The number of hydrogen-bond acceptors (Lipinski definition) is 4. The van der Waals surface area contributed by atoms with Gasteiger partial charge in [0.25, 0.3) is 0 Å². The molecule has 2 saturated heterocycles. The van der Waals surface area contributed by atoms with Gasteiger partial charge >= 0.3 is 6.09 Å². The Labute approximate surface area is 154 Å². The SMILES string of the molecule is CC(C)c1ccc(-n2cc(CN3CC[C@]4(C3)CN(C)C(=O)O4)cn2)cc1. The summed E-state index contributed by atoms with van der Waals surface area (Å²) in [6.07, 6.45) is 4.70. The third-order valence-corrected chi connectivity index (χ3v) is 5.40. The van der Waals surface area contributed by atoms with Gasteiger partial charge in [-0.05, 0) is 23.6 Å². The molecule has 1 aromatic heterocycles. The number of rotatable bonds is 4. The Kier molecular flexibility index (Phi) is 4.23. The molecule has 4 rings (SSSR count). The quantitative estimate of drug-likeness (QED) is 0.847. The number of carbonyl (C=O) groups excluding carboxylic acids is 1. The van der Waals surface area contributed by atoms with Gasteiger partial charge in [0.1, 0.15) is 5.60 Å². The van der Waals surface area contributed by atoms with Crippen LogP contribution in [-0.4, -0.2) is 58.0 Å². The summed E-state index contributed by atoms with van der Waals surface area (Å²) >= 11 is 0. The lowest BCUT2D eigenvalue weighted by Gasteiger charge is -2.21. The molecule has 0 aliphatic carbocycles. The molecule has 1 spiro atoms. The van der Waals surface area contributed by atoms with Crippen LogP contribution in [0.15, 0.2) is 36.7 Å². The normalized spacial score (nSPS) is 23.4. The minimum atomic E-state index is -0.325. The number of nitrogens with zero attached hydrogens (tertiary/aromatic N) is 4. The first-order chi connectivity index (χ1) is 12.4. The van der Waals surface area contributed by atoms with Crippen LogP contribution >= 0.6 is 0 Å². The average molecular weight is 354 g/mol. The van der Waals surface area contributed by atoms with E-state index in [1.165, 1.54) is 11.1 Å². The summed E-state index contributed by atoms with van der Waals surface area (Å²) in [7, 11) is 1.80. The topological polar surface area (TPSA) is 50.6 Å². The van der Waals surface area contributed by atoms with E-state index in [0.29, 0.717) is 12.5 Å². The number of likely N-dealkylation sites (tertiary alicyclic amines) is 1. The Hall–Kier alpha value is -2.34. The molecule has 1 amide bonds. The van der Waals surface area contributed by atoms with Crippen molar-refractivity contribution in [3.63, 3.8) is 0 Å². The van der Waals surface area contributed by atoms with E-state index in [4.69, 9.17) is 4.74 Å². The minimum Gasteiger partial charge on any atom is -0.439 e. The van der Waals surface area contributed by atoms with Crippen molar-refractivity contribution in [1.29, 1.82) is 0 Å². The molecule has 0 saturated carbocycles. The molecule has 2 fully saturated rings. The van der Waals surface area contributed by atoms with Gasteiger partial charge in [0.15, 0.2) is 0 Å². The van der Waals surface area contributed by atoms with E-state index in [2.05, 4.69) is 54.3 Å². The summed E-state index contributed by atoms with van der Waals surface area (Å²) in [5.74, 6) is 0.531. The zero-order chi connectivity index (χ0) is 18.3. The van der Waals surface area contributed by atoms with E-state index >= 15 is 0 Å². The van der Waals surface area contributed by atoms with Crippen molar-refractivity contribution in [2.45, 2.75) is 38.3 Å². The van der Waals surface area contributed by atoms with Gasteiger partial charge in [-0.15, -0.1) is 0 Å². The van der Waals surface area contributed by atoms with Crippen LogP contribution in [0.2, 0.25) is 0 Å². The first kappa shape index (κ1) is 17.1. The lowest BCUT2D eigenvalue weighted by atomic mass is 10.0. The van der Waals surface area contributed by atoms with Gasteiger partial charge in [-0.1, -0.05) is 26.0 Å². The van der Waals surface area contributed by atoms with Crippen molar-refractivity contribution in [3.8, 4) is 5.69 Å². The highest BCUT2D eigenvalue weighted by Gasteiger charge is 2.48. The molecule has 0 unspecified atom stereocenters. The second-order valence-electron chi connectivity index (χ2n) is 7.91. The van der Waals surface area contributed by atoms with Crippen LogP contribution in [0.1, 0.15) is 37.3 Å². The zero-order valence-corrected chi connectivity index (χ0v) is 15.7. The molecule has 6 nitrogen and oxygen atoms in total. The van der Waals surface area contributed by atoms with Gasteiger partial charge in [-0.25, -0.2) is 9.48 Å². The van der Waals surface area contributed by atoms with Crippen molar-refractivity contribution in [2.24, 2.45) is 0 Å². The van der Waals surface area contributed by atoms with Crippen molar-refractivity contribution in [1.82, 2.24) is 19.6 Å². The van der Waals surface area contributed by atoms with E-state index in [0.717, 1.165) is 31.7 Å². The lowest BCUT2D eigenvalue weighted by molar-refractivity contribution is 0.0627. The monoisotopic (exact) mass is 354 g/mol. The number of likely N-dealkylation sites (N-methyl/N-ethyl adjacent to an activating group) is 1. The number of ether oxygens (including phenoxy) is 1. The molecule has 0 radical (unpaired) electrons. The van der Waals surface area contributed by atoms with Crippen molar-refractivity contribution in [3.05, 3.63) is 47.8 Å². The molecule has 2 aliphatic heterocycles. The third kappa shape index (κ3) is 3.21. The molecule has 6 heteroatoms. The fourth-order valence-electron chi connectivity index (χ4n) is 3.92. The van der Waals surface area contributed by atoms with Crippen molar-refractivity contribution >= 4 is 6.09 Å². The summed E-state index contributed by atoms with van der Waals surface area (Å²) in [6.45, 7) is 7.63. The largest absolute Gasteiger partial charge is 0.439 e. The van der Waals surface area contributed by atoms with E-state index in [1.54, 1.807) is 11.9 Å². The van der Waals surface area contributed by atoms with Crippen LogP contribution in [0.25, 0.3) is 5.69 Å². The van der Waals surface area contributed by atoms with Gasteiger partial charge in [-0.2, -0.15) is 5.10 Å². The Morgan fingerprint density at radius 2 is 2.00 bits per heavy atom. The fraction of sp³-hybridized carbons (Fsp3) is 0.500. The molecular formula is C20H26N4O2. The smallest absolute Gasteiger partial charge is 0.410 e. The number of aromatic nitrogens is 2. The van der Waals surface area contributed by atoms with Crippen molar-refractivity contribution in [2.75, 3.05) is 26.7 Å². The van der Waals surface area contributed by atoms with Gasteiger partial charge in [0.2, 0.25) is 0 Å². The van der Waals surface area contributed by atoms with Crippen molar-refractivity contribution < 1.29 is 9.53 Å². The Balaban J connectivity index is 1.41. The predicted molar refractivity (Wildman–Crippen MR) is 99.4 cm³/mol. The standard InChI is InChI=1S/C20H26N4O2/c1-15(2)17-4-6-18(7-5-17)24-12-16(10-21-24)11-23-9-8-20(14-23)13-22(3)19(25)26-20/h4-7,10,12,15H,8-9,11,13-14H2,1-3H3/t20-/m1/s1. The van der Waals surface area contributed by atoms with Gasteiger partial charge in [-0.3, -0.25) is 4.90 Å². The summed E-state index contributed by atoms with van der Waals surface area (Å²) in [5, 5.41) is 4.51. The molecule has 138 valence electrons. The van der Waals surface area contributed by atoms with Crippen LogP contribution in [-0.2, 0) is 11.3 Å². The predicted octanol–water partition coefficient (Wildman–Crippen LogP) is 3.02. The highest BCUT2D eigenvalue weighted by atomic mass is 16.6. The molecule has 1 aromatic carbocycles. The van der Waals surface area contributed by atoms with Crippen LogP contribution in [0.5, 0.6) is 0 Å². The van der Waals surface area contributed by atoms with Crippen LogP contribution in [0, 0.1) is 0 Å². The van der Waals surface area contributed by atoms with E-state index in [9.17, 15) is 4.79 Å². The molecule has 3 heterocycles. The summed E-state index contributed by atoms with van der Waals surface area (Å²) in [4.78, 5) is 15.7. The van der Waals surface area contributed by atoms with E-state index < -0.39 is 0 Å². The maximum absolute atomic E-state index is 11.7. The van der Waals surface area contributed by atoms with Gasteiger partial charge in [0.05, 0.1) is 18.4 Å². The summed E-state index contributed by atoms with van der Waals surface area (Å²) in [6, 6.07) is 8.56. The molecule has 26 heavy (non-hydrogen) atoms. The number of hydrogen-bond donors (Lipinski definition) is 0. The van der Waals surface area contributed by atoms with Crippen LogP contribution < -0.4 is 0 Å². The van der Waals surface area contributed by atoms with Crippen LogP contribution in [0.4, 0.5) is 4.79 Å². The number of benzene rings is 1. The summed E-state index contributed by atoms with van der Waals surface area (Å²) < 4.78 is 7.54. The maximum Gasteiger partial charge on any atom is 0.410 e. The molecule has 0 bridgehead atoms. The Bertz CT molecular complexity index is 798. The second-order valence-corrected chi connectivity index (χ2v) is 7.91. The molecule has 2 aliphatic rings. The minimum absolute atomic E-state index is 0.204. The highest BCUT2D eigenvalue weighted by Crippen LogP contribution is 2.32. The Morgan fingerprint density at radius 3 is 2.65 bits per heavy atom. The van der Waals surface area contributed by atoms with Gasteiger partial charge in [0, 0.05) is 44.9 Å². The molecule has 0 N–H and O–H groups in total. The van der Waals surface area contributed by atoms with Crippen LogP contribution in [0.3, 0.4) is 0 Å². The molecule has 1 atom stereocenters. The molecular weight excluding hydrogens is 328 g/mol. The number of amides is 1. The first-order valence-electron chi connectivity index (χ1n) is 9.24. The summed E-state index contributed by atoms with van der Waals surface area (Å²) in [5.41, 5.74) is 3.26. The second kappa shape index (κ2) is 6.43. The van der Waals surface area contributed by atoms with E-state index in [-0.39, 0.29) is 11.7 Å². The Morgan fingerprint density at radius 1 is 1.23 bits per heavy atom. The average Bonchev–Trinajstić information content (AvgIpc) is 3.29. The number of carbonyl (C=O) groups is 1. The third-order valence-electron chi connectivity index (χ3n) is 5.40.